The number of piperazine rings is 1. The Morgan fingerprint density at radius 3 is 2.62 bits per heavy atom. The normalized spacial score (nSPS) is 15.6. The standard InChI is InChI=1S/C21H18FN3O4/c22-15-2-1-3-16(11-15)24-6-8-25(9-7-24)21(26)17-12-19(29-23-17)14-4-5-18-20(10-14)28-13-27-18/h1-5,10-12H,6-9,13H2. The molecule has 0 unspecified atom stereocenters. The summed E-state index contributed by atoms with van der Waals surface area (Å²) in [5.74, 6) is 1.37. The van der Waals surface area contributed by atoms with E-state index in [2.05, 4.69) is 10.1 Å². The molecule has 0 bridgehead atoms. The molecule has 3 aromatic rings. The van der Waals surface area contributed by atoms with E-state index in [0.717, 1.165) is 11.3 Å². The Morgan fingerprint density at radius 2 is 1.79 bits per heavy atom. The average Bonchev–Trinajstić information content (AvgIpc) is 3.42. The predicted molar refractivity (Wildman–Crippen MR) is 103 cm³/mol. The third-order valence-electron chi connectivity index (χ3n) is 5.13. The molecule has 2 aliphatic heterocycles. The van der Waals surface area contributed by atoms with Crippen molar-refractivity contribution < 1.29 is 23.2 Å². The highest BCUT2D eigenvalue weighted by Crippen LogP contribution is 2.36. The van der Waals surface area contributed by atoms with E-state index in [0.29, 0.717) is 43.4 Å². The number of carbonyl (C=O) groups is 1. The number of anilines is 1. The smallest absolute Gasteiger partial charge is 0.276 e. The molecule has 1 saturated heterocycles. The van der Waals surface area contributed by atoms with Crippen molar-refractivity contribution in [2.75, 3.05) is 37.9 Å². The number of rotatable bonds is 3. The Kier molecular flexibility index (Phi) is 4.31. The van der Waals surface area contributed by atoms with Crippen molar-refractivity contribution in [2.45, 2.75) is 0 Å². The van der Waals surface area contributed by atoms with E-state index in [9.17, 15) is 9.18 Å². The maximum absolute atomic E-state index is 13.4. The predicted octanol–water partition coefficient (Wildman–Crippen LogP) is 3.17. The Morgan fingerprint density at radius 1 is 0.966 bits per heavy atom. The lowest BCUT2D eigenvalue weighted by Crippen LogP contribution is -2.48. The lowest BCUT2D eigenvalue weighted by Gasteiger charge is -2.35. The summed E-state index contributed by atoms with van der Waals surface area (Å²) in [7, 11) is 0. The second kappa shape index (κ2) is 7.12. The Bertz CT molecular complexity index is 1060. The molecule has 0 N–H and O–H groups in total. The van der Waals surface area contributed by atoms with Crippen LogP contribution in [0.2, 0.25) is 0 Å². The third-order valence-corrected chi connectivity index (χ3v) is 5.13. The first kappa shape index (κ1) is 17.5. The zero-order valence-corrected chi connectivity index (χ0v) is 15.5. The van der Waals surface area contributed by atoms with Crippen LogP contribution >= 0.6 is 0 Å². The van der Waals surface area contributed by atoms with Crippen molar-refractivity contribution >= 4 is 11.6 Å². The van der Waals surface area contributed by atoms with Gasteiger partial charge in [0.15, 0.2) is 23.0 Å². The zero-order valence-electron chi connectivity index (χ0n) is 15.5. The van der Waals surface area contributed by atoms with E-state index in [-0.39, 0.29) is 24.2 Å². The largest absolute Gasteiger partial charge is 0.454 e. The van der Waals surface area contributed by atoms with Gasteiger partial charge in [-0.1, -0.05) is 11.2 Å². The van der Waals surface area contributed by atoms with Crippen LogP contribution in [0, 0.1) is 5.82 Å². The number of nitrogens with zero attached hydrogens (tertiary/aromatic N) is 3. The van der Waals surface area contributed by atoms with Gasteiger partial charge < -0.3 is 23.8 Å². The molecule has 0 radical (unpaired) electrons. The minimum absolute atomic E-state index is 0.181. The molecule has 0 atom stereocenters. The fraction of sp³-hybridized carbons (Fsp3) is 0.238. The van der Waals surface area contributed by atoms with Crippen molar-refractivity contribution in [3.8, 4) is 22.8 Å². The first-order valence-electron chi connectivity index (χ1n) is 9.34. The fourth-order valence-electron chi connectivity index (χ4n) is 3.56. The van der Waals surface area contributed by atoms with Gasteiger partial charge in [0.25, 0.3) is 5.91 Å². The van der Waals surface area contributed by atoms with Crippen molar-refractivity contribution in [1.29, 1.82) is 0 Å². The molecule has 0 aliphatic carbocycles. The number of benzene rings is 2. The molecule has 2 aromatic carbocycles. The van der Waals surface area contributed by atoms with Crippen LogP contribution < -0.4 is 14.4 Å². The number of aromatic nitrogens is 1. The average molecular weight is 395 g/mol. The summed E-state index contributed by atoms with van der Waals surface area (Å²) < 4.78 is 29.5. The summed E-state index contributed by atoms with van der Waals surface area (Å²) in [5.41, 5.74) is 1.84. The highest BCUT2D eigenvalue weighted by atomic mass is 19.1. The topological polar surface area (TPSA) is 68.0 Å². The number of fused-ring (bicyclic) bond motifs is 1. The molecule has 5 rings (SSSR count). The fourth-order valence-corrected chi connectivity index (χ4v) is 3.56. The monoisotopic (exact) mass is 395 g/mol. The van der Waals surface area contributed by atoms with E-state index < -0.39 is 0 Å². The van der Waals surface area contributed by atoms with Crippen LogP contribution in [0.15, 0.2) is 53.1 Å². The number of hydrogen-bond donors (Lipinski definition) is 0. The Balaban J connectivity index is 1.26. The lowest BCUT2D eigenvalue weighted by atomic mass is 10.1. The molecule has 3 heterocycles. The van der Waals surface area contributed by atoms with Gasteiger partial charge in [0.1, 0.15) is 5.82 Å². The molecule has 1 amide bonds. The van der Waals surface area contributed by atoms with Gasteiger partial charge in [0.2, 0.25) is 6.79 Å². The minimum atomic E-state index is -0.264. The first-order valence-corrected chi connectivity index (χ1v) is 9.34. The van der Waals surface area contributed by atoms with E-state index in [1.165, 1.54) is 12.1 Å². The lowest BCUT2D eigenvalue weighted by molar-refractivity contribution is 0.0736. The summed E-state index contributed by atoms with van der Waals surface area (Å²) in [6, 6.07) is 13.6. The van der Waals surface area contributed by atoms with E-state index in [4.69, 9.17) is 14.0 Å². The number of carbonyl (C=O) groups excluding carboxylic acids is 1. The molecule has 29 heavy (non-hydrogen) atoms. The molecule has 7 nitrogen and oxygen atoms in total. The molecular weight excluding hydrogens is 377 g/mol. The summed E-state index contributed by atoms with van der Waals surface area (Å²) in [6.45, 7) is 2.51. The maximum Gasteiger partial charge on any atom is 0.276 e. The van der Waals surface area contributed by atoms with Gasteiger partial charge in [-0.05, 0) is 36.4 Å². The van der Waals surface area contributed by atoms with Gasteiger partial charge in [0.05, 0.1) is 0 Å². The summed E-state index contributed by atoms with van der Waals surface area (Å²) in [5, 5.41) is 3.95. The number of ether oxygens (including phenoxy) is 2. The van der Waals surface area contributed by atoms with Crippen molar-refractivity contribution in [1.82, 2.24) is 10.1 Å². The van der Waals surface area contributed by atoms with Crippen LogP contribution in [0.1, 0.15) is 10.5 Å². The Labute approximate surface area is 166 Å². The van der Waals surface area contributed by atoms with Gasteiger partial charge >= 0.3 is 0 Å². The quantitative estimate of drug-likeness (QED) is 0.679. The highest BCUT2D eigenvalue weighted by Gasteiger charge is 2.25. The van der Waals surface area contributed by atoms with Crippen molar-refractivity contribution in [3.63, 3.8) is 0 Å². The Hall–Kier alpha value is -3.55. The second-order valence-corrected chi connectivity index (χ2v) is 6.90. The molecule has 0 spiro atoms. The minimum Gasteiger partial charge on any atom is -0.454 e. The van der Waals surface area contributed by atoms with Crippen LogP contribution in [-0.2, 0) is 0 Å². The van der Waals surface area contributed by atoms with Gasteiger partial charge in [-0.2, -0.15) is 0 Å². The van der Waals surface area contributed by atoms with Gasteiger partial charge in [0, 0.05) is 43.5 Å². The van der Waals surface area contributed by atoms with Crippen LogP contribution in [-0.4, -0.2) is 48.9 Å². The first-order chi connectivity index (χ1) is 14.2. The van der Waals surface area contributed by atoms with E-state index >= 15 is 0 Å². The van der Waals surface area contributed by atoms with Crippen LogP contribution in [0.25, 0.3) is 11.3 Å². The molecule has 148 valence electrons. The highest BCUT2D eigenvalue weighted by molar-refractivity contribution is 5.93. The molecule has 2 aliphatic rings. The van der Waals surface area contributed by atoms with Crippen molar-refractivity contribution in [2.24, 2.45) is 0 Å². The maximum atomic E-state index is 13.4. The molecule has 1 fully saturated rings. The molecule has 0 saturated carbocycles. The summed E-state index contributed by atoms with van der Waals surface area (Å²) in [4.78, 5) is 16.6. The molecular formula is C21H18FN3O4. The van der Waals surface area contributed by atoms with Gasteiger partial charge in [-0.15, -0.1) is 0 Å². The van der Waals surface area contributed by atoms with Crippen LogP contribution in [0.5, 0.6) is 11.5 Å². The molecule has 1 aromatic heterocycles. The summed E-state index contributed by atoms with van der Waals surface area (Å²) in [6.07, 6.45) is 0. The summed E-state index contributed by atoms with van der Waals surface area (Å²) >= 11 is 0. The van der Waals surface area contributed by atoms with Crippen LogP contribution in [0.4, 0.5) is 10.1 Å². The SMILES string of the molecule is O=C(c1cc(-c2ccc3c(c2)OCO3)on1)N1CCN(c2cccc(F)c2)CC1. The van der Waals surface area contributed by atoms with Crippen LogP contribution in [0.3, 0.4) is 0 Å². The molecule has 8 heteroatoms. The zero-order chi connectivity index (χ0) is 19.8. The third kappa shape index (κ3) is 3.37. The van der Waals surface area contributed by atoms with E-state index in [1.807, 2.05) is 12.1 Å². The van der Waals surface area contributed by atoms with Gasteiger partial charge in [-0.25, -0.2) is 4.39 Å². The van der Waals surface area contributed by atoms with Gasteiger partial charge in [-0.3, -0.25) is 4.79 Å². The number of amides is 1. The number of halogens is 1. The van der Waals surface area contributed by atoms with E-state index in [1.54, 1.807) is 29.2 Å². The number of hydrogen-bond acceptors (Lipinski definition) is 6. The second-order valence-electron chi connectivity index (χ2n) is 6.90. The van der Waals surface area contributed by atoms with Crippen molar-refractivity contribution in [3.05, 3.63) is 60.0 Å².